The number of anilines is 1. The van der Waals surface area contributed by atoms with Crippen molar-refractivity contribution >= 4 is 34.8 Å². The molecule has 2 heterocycles. The minimum atomic E-state index is -1.61. The van der Waals surface area contributed by atoms with Gasteiger partial charge in [-0.2, -0.15) is 4.68 Å². The molecule has 1 amide bonds. The van der Waals surface area contributed by atoms with Crippen molar-refractivity contribution in [1.29, 1.82) is 0 Å². The van der Waals surface area contributed by atoms with E-state index in [9.17, 15) is 15.0 Å². The van der Waals surface area contributed by atoms with E-state index in [-0.39, 0.29) is 12.8 Å². The van der Waals surface area contributed by atoms with Crippen molar-refractivity contribution in [2.45, 2.75) is 99.1 Å². The normalized spacial score (nSPS) is 28.2. The van der Waals surface area contributed by atoms with Gasteiger partial charge in [-0.3, -0.25) is 0 Å². The predicted molar refractivity (Wildman–Crippen MR) is 122 cm³/mol. The first kappa shape index (κ1) is 22.6. The van der Waals surface area contributed by atoms with Crippen LogP contribution in [0.3, 0.4) is 0 Å². The van der Waals surface area contributed by atoms with Crippen LogP contribution in [0, 0.1) is 0 Å². The number of thioether (sulfide) groups is 1. The smallest absolute Gasteiger partial charge is 0.409 e. The van der Waals surface area contributed by atoms with Crippen molar-refractivity contribution in [3.8, 4) is 0 Å². The van der Waals surface area contributed by atoms with Crippen LogP contribution >= 0.6 is 11.8 Å². The summed E-state index contributed by atoms with van der Waals surface area (Å²) in [7, 11) is 0. The molecular weight excluding hydrogens is 446 g/mol. The molecule has 12 heteroatoms. The Hall–Kier alpha value is -2.18. The highest BCUT2D eigenvalue weighted by Gasteiger charge is 2.54. The number of nitrogens with one attached hydrogen (secondary N) is 2. The molecule has 1 unspecified atom stereocenters. The van der Waals surface area contributed by atoms with Crippen LogP contribution in [0.2, 0.25) is 0 Å². The second-order valence-corrected chi connectivity index (χ2v) is 10.4. The summed E-state index contributed by atoms with van der Waals surface area (Å²) in [4.78, 5) is 21.9. The Labute approximate surface area is 196 Å². The maximum atomic E-state index is 12.4. The van der Waals surface area contributed by atoms with Gasteiger partial charge in [-0.25, -0.2) is 14.8 Å². The number of carbonyl (C=O) groups excluding carboxylic acids is 1. The molecular formula is C21H31N7O4S. The van der Waals surface area contributed by atoms with Gasteiger partial charge in [0, 0.05) is 24.3 Å². The fraction of sp³-hybridized carbons (Fsp3) is 0.762. The molecule has 3 aliphatic carbocycles. The van der Waals surface area contributed by atoms with Crippen molar-refractivity contribution in [1.82, 2.24) is 30.3 Å². The number of nitrogens with zero attached hydrogens (tertiary/aromatic N) is 5. The molecule has 2 aromatic rings. The van der Waals surface area contributed by atoms with Crippen molar-refractivity contribution in [3.05, 3.63) is 0 Å². The van der Waals surface area contributed by atoms with Gasteiger partial charge in [0.15, 0.2) is 22.1 Å². The van der Waals surface area contributed by atoms with Gasteiger partial charge in [-0.05, 0) is 39.0 Å². The van der Waals surface area contributed by atoms with Gasteiger partial charge < -0.3 is 25.6 Å². The maximum absolute atomic E-state index is 12.4. The summed E-state index contributed by atoms with van der Waals surface area (Å²) in [6.07, 6.45) is 5.40. The number of ether oxygens (including phenoxy) is 1. The number of hydrogen-bond donors (Lipinski definition) is 4. The Kier molecular flexibility index (Phi) is 6.32. The number of amides is 1. The van der Waals surface area contributed by atoms with E-state index in [1.165, 1.54) is 23.9 Å². The molecule has 3 saturated carbocycles. The lowest BCUT2D eigenvalue weighted by molar-refractivity contribution is -0.145. The quantitative estimate of drug-likeness (QED) is 0.437. The lowest BCUT2D eigenvalue weighted by atomic mass is 10.0. The summed E-state index contributed by atoms with van der Waals surface area (Å²) >= 11 is 1.65. The first-order valence-corrected chi connectivity index (χ1v) is 12.8. The highest BCUT2D eigenvalue weighted by Crippen LogP contribution is 2.41. The van der Waals surface area contributed by atoms with Crippen LogP contribution in [0.25, 0.3) is 11.2 Å². The number of rotatable bonds is 7. The Bertz CT molecular complexity index is 1010. The van der Waals surface area contributed by atoms with Crippen LogP contribution < -0.4 is 10.6 Å². The summed E-state index contributed by atoms with van der Waals surface area (Å²) in [5, 5.41) is 36.9. The molecule has 180 valence electrons. The van der Waals surface area contributed by atoms with Crippen LogP contribution in [-0.2, 0) is 10.5 Å². The molecule has 4 N–H and O–H groups in total. The SMILES string of the molecule is CCNC(=O)OC1(n2nnc3c(NC4CC4)nc(SC4CCCCC4)nc32)CC[C@H](O)[C@@H]1O. The topological polar surface area (TPSA) is 147 Å². The number of aliphatic hydroxyl groups excluding tert-OH is 2. The Morgan fingerprint density at radius 2 is 1.97 bits per heavy atom. The molecule has 0 bridgehead atoms. The van der Waals surface area contributed by atoms with Gasteiger partial charge in [0.05, 0.1) is 6.10 Å². The highest BCUT2D eigenvalue weighted by atomic mass is 32.2. The van der Waals surface area contributed by atoms with Crippen molar-refractivity contribution < 1.29 is 19.7 Å². The fourth-order valence-corrected chi connectivity index (χ4v) is 5.79. The number of fused-ring (bicyclic) bond motifs is 1. The van der Waals surface area contributed by atoms with Crippen LogP contribution in [0.5, 0.6) is 0 Å². The summed E-state index contributed by atoms with van der Waals surface area (Å²) in [6, 6.07) is 0.347. The van der Waals surface area contributed by atoms with E-state index in [1.807, 2.05) is 0 Å². The third kappa shape index (κ3) is 4.47. The Morgan fingerprint density at radius 1 is 1.18 bits per heavy atom. The van der Waals surface area contributed by atoms with Gasteiger partial charge >= 0.3 is 6.09 Å². The molecule has 0 radical (unpaired) electrons. The summed E-state index contributed by atoms with van der Waals surface area (Å²) in [5.74, 6) is 0.605. The van der Waals surface area contributed by atoms with E-state index in [0.29, 0.717) is 40.0 Å². The average molecular weight is 478 g/mol. The van der Waals surface area contributed by atoms with Crippen molar-refractivity contribution in [2.24, 2.45) is 0 Å². The first-order chi connectivity index (χ1) is 16.0. The molecule has 33 heavy (non-hydrogen) atoms. The third-order valence-electron chi connectivity index (χ3n) is 6.60. The maximum Gasteiger partial charge on any atom is 0.409 e. The van der Waals surface area contributed by atoms with Gasteiger partial charge in [0.2, 0.25) is 5.72 Å². The van der Waals surface area contributed by atoms with E-state index in [4.69, 9.17) is 14.7 Å². The zero-order valence-corrected chi connectivity index (χ0v) is 19.6. The summed E-state index contributed by atoms with van der Waals surface area (Å²) < 4.78 is 7.07. The van der Waals surface area contributed by atoms with E-state index in [2.05, 4.69) is 20.9 Å². The largest absolute Gasteiger partial charge is 0.418 e. The zero-order valence-electron chi connectivity index (χ0n) is 18.7. The first-order valence-electron chi connectivity index (χ1n) is 11.9. The van der Waals surface area contributed by atoms with Gasteiger partial charge in [-0.15, -0.1) is 5.10 Å². The number of carbonyl (C=O) groups is 1. The van der Waals surface area contributed by atoms with E-state index >= 15 is 0 Å². The van der Waals surface area contributed by atoms with Gasteiger partial charge in [0.1, 0.15) is 6.10 Å². The number of aromatic nitrogens is 5. The molecule has 0 aliphatic heterocycles. The Morgan fingerprint density at radius 3 is 2.64 bits per heavy atom. The lowest BCUT2D eigenvalue weighted by Gasteiger charge is -2.32. The minimum absolute atomic E-state index is 0.186. The highest BCUT2D eigenvalue weighted by molar-refractivity contribution is 7.99. The minimum Gasteiger partial charge on any atom is -0.418 e. The zero-order chi connectivity index (χ0) is 23.0. The van der Waals surface area contributed by atoms with Crippen LogP contribution in [0.15, 0.2) is 5.16 Å². The second-order valence-electron chi connectivity index (χ2n) is 9.14. The number of hydrogen-bond acceptors (Lipinski definition) is 10. The molecule has 0 spiro atoms. The average Bonchev–Trinajstić information content (AvgIpc) is 3.44. The third-order valence-corrected chi connectivity index (χ3v) is 7.79. The molecule has 3 fully saturated rings. The summed E-state index contributed by atoms with van der Waals surface area (Å²) in [5.41, 5.74) is -0.767. The predicted octanol–water partition coefficient (Wildman–Crippen LogP) is 2.13. The van der Waals surface area contributed by atoms with Crippen molar-refractivity contribution in [2.75, 3.05) is 11.9 Å². The fourth-order valence-electron chi connectivity index (χ4n) is 4.64. The second kappa shape index (κ2) is 9.22. The molecule has 0 aromatic carbocycles. The summed E-state index contributed by atoms with van der Waals surface area (Å²) in [6.45, 7) is 2.14. The van der Waals surface area contributed by atoms with Gasteiger partial charge in [-0.1, -0.05) is 36.2 Å². The molecule has 0 saturated heterocycles. The molecule has 3 aliphatic rings. The number of aliphatic hydroxyl groups is 2. The van der Waals surface area contributed by atoms with Crippen molar-refractivity contribution in [3.63, 3.8) is 0 Å². The molecule has 2 aromatic heterocycles. The van der Waals surface area contributed by atoms with E-state index in [0.717, 1.165) is 25.7 Å². The standard InChI is InChI=1S/C21H31N7O4S/c1-2-22-20(31)32-21(11-10-14(29)16(21)30)28-18-15(26-27-28)17(23-12-8-9-12)24-19(25-18)33-13-6-4-3-5-7-13/h12-14,16,29-30H,2-11H2,1H3,(H,22,31)(H,23,24,25)/t14-,16-,21?/m0/s1. The lowest BCUT2D eigenvalue weighted by Crippen LogP contribution is -2.50. The molecule has 3 atom stereocenters. The Balaban J connectivity index is 1.57. The number of alkyl carbamates (subject to hydrolysis) is 1. The van der Waals surface area contributed by atoms with E-state index < -0.39 is 24.0 Å². The monoisotopic (exact) mass is 477 g/mol. The molecule has 5 rings (SSSR count). The molecule has 11 nitrogen and oxygen atoms in total. The van der Waals surface area contributed by atoms with Crippen LogP contribution in [0.4, 0.5) is 10.6 Å². The van der Waals surface area contributed by atoms with Crippen LogP contribution in [-0.4, -0.2) is 71.3 Å². The van der Waals surface area contributed by atoms with Crippen LogP contribution in [0.1, 0.15) is 64.7 Å². The van der Waals surface area contributed by atoms with E-state index in [1.54, 1.807) is 18.7 Å². The van der Waals surface area contributed by atoms with Gasteiger partial charge in [0.25, 0.3) is 0 Å².